The quantitative estimate of drug-likeness (QED) is 0.907. The summed E-state index contributed by atoms with van der Waals surface area (Å²) in [6.45, 7) is 2.68. The van der Waals surface area contributed by atoms with Crippen molar-refractivity contribution in [2.24, 2.45) is 11.8 Å². The number of rotatable bonds is 4. The van der Waals surface area contributed by atoms with Gasteiger partial charge in [-0.25, -0.2) is 9.37 Å². The Kier molecular flexibility index (Phi) is 5.13. The predicted octanol–water partition coefficient (Wildman–Crippen LogP) is 3.06. The molecule has 0 radical (unpaired) electrons. The smallest absolute Gasteiger partial charge is 0.308 e. The number of carboxylic acid groups (broad SMARTS) is 1. The summed E-state index contributed by atoms with van der Waals surface area (Å²) in [4.78, 5) is 29.8. The van der Waals surface area contributed by atoms with Crippen LogP contribution in [0.2, 0.25) is 0 Å². The van der Waals surface area contributed by atoms with Crippen molar-refractivity contribution >= 4 is 23.2 Å². The third kappa shape index (κ3) is 4.04. The minimum atomic E-state index is -0.872. The first-order valence-corrected chi connectivity index (χ1v) is 9.02. The highest BCUT2D eigenvalue weighted by molar-refractivity contribution is 7.09. The van der Waals surface area contributed by atoms with Crippen LogP contribution in [0.1, 0.15) is 34.4 Å². The van der Waals surface area contributed by atoms with Crippen molar-refractivity contribution < 1.29 is 19.1 Å². The number of aromatic nitrogens is 1. The number of carbonyl (C=O) groups is 2. The number of nitrogens with zero attached hydrogens (tertiary/aromatic N) is 2. The van der Waals surface area contributed by atoms with Gasteiger partial charge in [-0.05, 0) is 24.0 Å². The van der Waals surface area contributed by atoms with Gasteiger partial charge in [0.1, 0.15) is 11.5 Å². The Morgan fingerprint density at radius 1 is 1.36 bits per heavy atom. The Hall–Kier alpha value is -2.28. The van der Waals surface area contributed by atoms with Crippen LogP contribution in [0.5, 0.6) is 0 Å². The molecule has 0 saturated carbocycles. The molecule has 1 aliphatic heterocycles. The van der Waals surface area contributed by atoms with E-state index in [-0.39, 0.29) is 24.2 Å². The van der Waals surface area contributed by atoms with E-state index in [2.05, 4.69) is 4.98 Å². The summed E-state index contributed by atoms with van der Waals surface area (Å²) >= 11 is 1.31. The highest BCUT2D eigenvalue weighted by Gasteiger charge is 2.33. The Morgan fingerprint density at radius 2 is 2.12 bits per heavy atom. The number of halogens is 1. The van der Waals surface area contributed by atoms with Gasteiger partial charge in [-0.2, -0.15) is 0 Å². The average Bonchev–Trinajstić information content (AvgIpc) is 3.04. The summed E-state index contributed by atoms with van der Waals surface area (Å²) in [5, 5.41) is 11.6. The number of hydrogen-bond donors (Lipinski definition) is 1. The number of thiazole rings is 1. The maximum absolute atomic E-state index is 13.7. The first kappa shape index (κ1) is 17.5. The van der Waals surface area contributed by atoms with Crippen LogP contribution in [0.4, 0.5) is 4.39 Å². The molecule has 2 heterocycles. The molecule has 1 saturated heterocycles. The number of carboxylic acids is 1. The van der Waals surface area contributed by atoms with Crippen molar-refractivity contribution in [3.05, 3.63) is 51.7 Å². The van der Waals surface area contributed by atoms with Crippen molar-refractivity contribution in [2.45, 2.75) is 19.8 Å². The monoisotopic (exact) mass is 362 g/mol. The minimum Gasteiger partial charge on any atom is -0.481 e. The summed E-state index contributed by atoms with van der Waals surface area (Å²) in [5.41, 5.74) is 0.836. The molecule has 7 heteroatoms. The molecule has 0 bridgehead atoms. The first-order valence-electron chi connectivity index (χ1n) is 8.14. The van der Waals surface area contributed by atoms with E-state index in [0.29, 0.717) is 35.7 Å². The van der Waals surface area contributed by atoms with Crippen LogP contribution >= 0.6 is 11.3 Å². The molecule has 3 rings (SSSR count). The third-order valence-corrected chi connectivity index (χ3v) is 5.22. The van der Waals surface area contributed by atoms with Gasteiger partial charge in [0, 0.05) is 24.9 Å². The van der Waals surface area contributed by atoms with Crippen LogP contribution in [0.3, 0.4) is 0 Å². The molecule has 0 spiro atoms. The molecule has 1 N–H and O–H groups in total. The lowest BCUT2D eigenvalue weighted by atomic mass is 9.90. The summed E-state index contributed by atoms with van der Waals surface area (Å²) in [5.74, 6) is -1.82. The van der Waals surface area contributed by atoms with Crippen LogP contribution in [0, 0.1) is 17.7 Å². The summed E-state index contributed by atoms with van der Waals surface area (Å²) in [6, 6.07) is 6.49. The molecular formula is C18H19FN2O3S. The number of amides is 1. The zero-order valence-corrected chi connectivity index (χ0v) is 14.6. The van der Waals surface area contributed by atoms with Crippen molar-refractivity contribution in [3.8, 4) is 0 Å². The molecule has 1 aromatic heterocycles. The predicted molar refractivity (Wildman–Crippen MR) is 92.1 cm³/mol. The van der Waals surface area contributed by atoms with E-state index in [1.807, 2.05) is 6.92 Å². The van der Waals surface area contributed by atoms with E-state index in [1.165, 1.54) is 17.4 Å². The van der Waals surface area contributed by atoms with Gasteiger partial charge in [-0.3, -0.25) is 9.59 Å². The van der Waals surface area contributed by atoms with Crippen molar-refractivity contribution in [1.29, 1.82) is 0 Å². The molecule has 1 amide bonds. The Morgan fingerprint density at radius 3 is 2.84 bits per heavy atom. The Bertz CT molecular complexity index is 792. The fourth-order valence-electron chi connectivity index (χ4n) is 3.15. The molecule has 2 atom stereocenters. The average molecular weight is 362 g/mol. The number of piperidine rings is 1. The second-order valence-corrected chi connectivity index (χ2v) is 7.42. The van der Waals surface area contributed by atoms with E-state index in [1.54, 1.807) is 28.5 Å². The van der Waals surface area contributed by atoms with Gasteiger partial charge in [0.25, 0.3) is 5.91 Å². The lowest BCUT2D eigenvalue weighted by Gasteiger charge is -2.34. The van der Waals surface area contributed by atoms with Gasteiger partial charge in [0.15, 0.2) is 0 Å². The fourth-order valence-corrected chi connectivity index (χ4v) is 3.94. The largest absolute Gasteiger partial charge is 0.481 e. The number of carbonyl (C=O) groups excluding carboxylic acids is 1. The number of benzene rings is 1. The third-order valence-electron chi connectivity index (χ3n) is 4.37. The molecule has 2 unspecified atom stereocenters. The van der Waals surface area contributed by atoms with Gasteiger partial charge in [-0.15, -0.1) is 11.3 Å². The van der Waals surface area contributed by atoms with Crippen LogP contribution in [0.25, 0.3) is 0 Å². The number of aliphatic carboxylic acids is 1. The summed E-state index contributed by atoms with van der Waals surface area (Å²) in [6.07, 6.45) is 0.910. The summed E-state index contributed by atoms with van der Waals surface area (Å²) < 4.78 is 13.7. The zero-order valence-electron chi connectivity index (χ0n) is 13.8. The number of hydrogen-bond acceptors (Lipinski definition) is 4. The SMILES string of the molecule is CC1CC(C(=O)O)CN(C(=O)c2csc(Cc3ccccc3F)n2)C1. The van der Waals surface area contributed by atoms with Gasteiger partial charge in [0.05, 0.1) is 10.9 Å². The molecule has 1 aromatic carbocycles. The molecule has 2 aromatic rings. The van der Waals surface area contributed by atoms with Crippen LogP contribution in [0.15, 0.2) is 29.6 Å². The van der Waals surface area contributed by atoms with Crippen LogP contribution < -0.4 is 0 Å². The molecule has 0 aliphatic carbocycles. The highest BCUT2D eigenvalue weighted by atomic mass is 32.1. The van der Waals surface area contributed by atoms with Gasteiger partial charge in [0.2, 0.25) is 0 Å². The summed E-state index contributed by atoms with van der Waals surface area (Å²) in [7, 11) is 0. The number of likely N-dealkylation sites (tertiary alicyclic amines) is 1. The fraction of sp³-hybridized carbons (Fsp3) is 0.389. The van der Waals surface area contributed by atoms with Crippen LogP contribution in [-0.2, 0) is 11.2 Å². The maximum atomic E-state index is 13.7. The molecule has 1 fully saturated rings. The van der Waals surface area contributed by atoms with Crippen molar-refractivity contribution in [1.82, 2.24) is 9.88 Å². The van der Waals surface area contributed by atoms with Gasteiger partial charge in [-0.1, -0.05) is 25.1 Å². The van der Waals surface area contributed by atoms with Gasteiger partial charge >= 0.3 is 5.97 Å². The Labute approximate surface area is 149 Å². The van der Waals surface area contributed by atoms with E-state index in [9.17, 15) is 19.1 Å². The Balaban J connectivity index is 1.72. The van der Waals surface area contributed by atoms with Crippen LogP contribution in [-0.4, -0.2) is 40.0 Å². The molecule has 25 heavy (non-hydrogen) atoms. The van der Waals surface area contributed by atoms with Gasteiger partial charge < -0.3 is 10.0 Å². The molecule has 1 aliphatic rings. The second kappa shape index (κ2) is 7.31. The zero-order chi connectivity index (χ0) is 18.0. The lowest BCUT2D eigenvalue weighted by molar-refractivity contribution is -0.143. The standard InChI is InChI=1S/C18H19FN2O3S/c1-11-6-13(18(23)24)9-21(8-11)17(22)15-10-25-16(20-15)7-12-4-2-3-5-14(12)19/h2-5,10-11,13H,6-9H2,1H3,(H,23,24). The van der Waals surface area contributed by atoms with E-state index >= 15 is 0 Å². The topological polar surface area (TPSA) is 70.5 Å². The molecule has 132 valence electrons. The lowest BCUT2D eigenvalue weighted by Crippen LogP contribution is -2.45. The highest BCUT2D eigenvalue weighted by Crippen LogP contribution is 2.24. The van der Waals surface area contributed by atoms with Crippen molar-refractivity contribution in [3.63, 3.8) is 0 Å². The van der Waals surface area contributed by atoms with E-state index < -0.39 is 11.9 Å². The maximum Gasteiger partial charge on any atom is 0.308 e. The molecule has 5 nitrogen and oxygen atoms in total. The van der Waals surface area contributed by atoms with E-state index in [4.69, 9.17) is 0 Å². The van der Waals surface area contributed by atoms with Crippen molar-refractivity contribution in [2.75, 3.05) is 13.1 Å². The second-order valence-electron chi connectivity index (χ2n) is 6.48. The first-order chi connectivity index (χ1) is 11.9. The molecular weight excluding hydrogens is 343 g/mol. The minimum absolute atomic E-state index is 0.135. The normalized spacial score (nSPS) is 20.5. The van der Waals surface area contributed by atoms with E-state index in [0.717, 1.165) is 0 Å².